The minimum Gasteiger partial charge on any atom is -0.504 e. The maximum atomic E-state index is 11.7. The summed E-state index contributed by atoms with van der Waals surface area (Å²) in [5.41, 5.74) is 0.902. The minimum absolute atomic E-state index is 0.0851. The quantitative estimate of drug-likeness (QED) is 0.195. The van der Waals surface area contributed by atoms with Crippen molar-refractivity contribution in [3.05, 3.63) is 84.9 Å². The zero-order valence-electron chi connectivity index (χ0n) is 26.7. The van der Waals surface area contributed by atoms with Crippen LogP contribution in [0, 0.1) is 0 Å². The summed E-state index contributed by atoms with van der Waals surface area (Å²) in [5, 5.41) is 26.5. The SMILES string of the molecule is Oc1c2cc3ccccc3c1-c1c(O)c(cc3ccccc13)OCCOCCOCCOc1ccccc1OCCOCCOCCO2. The second kappa shape index (κ2) is 16.9. The molecule has 0 fully saturated rings. The smallest absolute Gasteiger partial charge is 0.166 e. The summed E-state index contributed by atoms with van der Waals surface area (Å²) in [6, 6.07) is 26.4. The molecule has 0 unspecified atom stereocenters. The molecule has 0 saturated carbocycles. The maximum Gasteiger partial charge on any atom is 0.166 e. The lowest BCUT2D eigenvalue weighted by atomic mass is 9.91. The molecule has 48 heavy (non-hydrogen) atoms. The number of para-hydroxylation sites is 2. The van der Waals surface area contributed by atoms with Crippen molar-refractivity contribution in [3.63, 3.8) is 0 Å². The Morgan fingerprint density at radius 2 is 0.667 bits per heavy atom. The predicted octanol–water partition coefficient (Wildman–Crippen LogP) is 6.37. The van der Waals surface area contributed by atoms with E-state index >= 15 is 0 Å². The second-order valence-electron chi connectivity index (χ2n) is 10.9. The van der Waals surface area contributed by atoms with E-state index in [0.29, 0.717) is 75.5 Å². The number of ether oxygens (including phenoxy) is 8. The number of rotatable bonds is 0. The highest BCUT2D eigenvalue weighted by molar-refractivity contribution is 6.11. The zero-order valence-corrected chi connectivity index (χ0v) is 26.7. The molecule has 0 saturated heterocycles. The summed E-state index contributed by atoms with van der Waals surface area (Å²) in [7, 11) is 0. The van der Waals surface area contributed by atoms with Gasteiger partial charge in [-0.25, -0.2) is 0 Å². The third kappa shape index (κ3) is 8.21. The van der Waals surface area contributed by atoms with Crippen LogP contribution in [0.2, 0.25) is 0 Å². The van der Waals surface area contributed by atoms with Gasteiger partial charge < -0.3 is 48.1 Å². The Kier molecular flexibility index (Phi) is 11.7. The molecule has 0 atom stereocenters. The molecular weight excluding hydrogens is 616 g/mol. The highest BCUT2D eigenvalue weighted by Gasteiger charge is 2.23. The molecule has 5 aromatic carbocycles. The van der Waals surface area contributed by atoms with E-state index in [0.717, 1.165) is 21.5 Å². The van der Waals surface area contributed by atoms with Gasteiger partial charge in [-0.3, -0.25) is 0 Å². The first-order valence-electron chi connectivity index (χ1n) is 16.1. The van der Waals surface area contributed by atoms with E-state index in [1.54, 1.807) is 12.1 Å². The molecule has 1 heterocycles. The number of phenolic OH excluding ortho intramolecular Hbond substituents is 2. The van der Waals surface area contributed by atoms with Crippen molar-refractivity contribution in [2.45, 2.75) is 0 Å². The highest BCUT2D eigenvalue weighted by Crippen LogP contribution is 2.51. The van der Waals surface area contributed by atoms with Crippen LogP contribution in [0.25, 0.3) is 32.7 Å². The van der Waals surface area contributed by atoms with Gasteiger partial charge in [-0.1, -0.05) is 60.7 Å². The van der Waals surface area contributed by atoms with Gasteiger partial charge in [0.05, 0.1) is 52.9 Å². The van der Waals surface area contributed by atoms with Gasteiger partial charge in [-0.15, -0.1) is 0 Å². The fourth-order valence-corrected chi connectivity index (χ4v) is 5.52. The van der Waals surface area contributed by atoms with Crippen LogP contribution in [0.1, 0.15) is 0 Å². The molecule has 2 N–H and O–H groups in total. The van der Waals surface area contributed by atoms with Gasteiger partial charge in [0.1, 0.15) is 26.4 Å². The molecule has 252 valence electrons. The number of hydrogen-bond donors (Lipinski definition) is 2. The molecule has 10 heteroatoms. The summed E-state index contributed by atoms with van der Waals surface area (Å²) in [5.74, 6) is 1.66. The van der Waals surface area contributed by atoms with Gasteiger partial charge in [0.2, 0.25) is 0 Å². The van der Waals surface area contributed by atoms with E-state index in [1.165, 1.54) is 0 Å². The van der Waals surface area contributed by atoms with Crippen LogP contribution >= 0.6 is 0 Å². The number of phenols is 2. The second-order valence-corrected chi connectivity index (χ2v) is 10.9. The van der Waals surface area contributed by atoms with Crippen molar-refractivity contribution in [2.24, 2.45) is 0 Å². The van der Waals surface area contributed by atoms with Crippen molar-refractivity contribution in [2.75, 3.05) is 79.3 Å². The van der Waals surface area contributed by atoms with Gasteiger partial charge >= 0.3 is 0 Å². The third-order valence-corrected chi connectivity index (χ3v) is 7.76. The van der Waals surface area contributed by atoms with Crippen molar-refractivity contribution in [1.82, 2.24) is 0 Å². The maximum absolute atomic E-state index is 11.7. The van der Waals surface area contributed by atoms with Crippen molar-refractivity contribution in [3.8, 4) is 45.6 Å². The first-order valence-corrected chi connectivity index (χ1v) is 16.1. The number of hydrogen-bond acceptors (Lipinski definition) is 10. The summed E-state index contributed by atoms with van der Waals surface area (Å²) in [4.78, 5) is 0. The van der Waals surface area contributed by atoms with Gasteiger partial charge in [0, 0.05) is 11.1 Å². The molecule has 0 aromatic heterocycles. The first-order chi connectivity index (χ1) is 23.7. The summed E-state index contributed by atoms with van der Waals surface area (Å²) < 4.78 is 46.5. The average Bonchev–Trinajstić information content (AvgIpc) is 3.11. The fraction of sp³-hybridized carbons (Fsp3) is 0.316. The lowest BCUT2D eigenvalue weighted by Gasteiger charge is -2.19. The van der Waals surface area contributed by atoms with Gasteiger partial charge in [-0.05, 0) is 45.8 Å². The number of benzene rings is 5. The zero-order chi connectivity index (χ0) is 33.0. The largest absolute Gasteiger partial charge is 0.504 e. The van der Waals surface area contributed by atoms with E-state index < -0.39 is 0 Å². The average molecular weight is 657 g/mol. The van der Waals surface area contributed by atoms with E-state index in [2.05, 4.69) is 0 Å². The highest BCUT2D eigenvalue weighted by atomic mass is 16.6. The molecule has 0 aliphatic carbocycles. The van der Waals surface area contributed by atoms with Crippen molar-refractivity contribution < 1.29 is 48.1 Å². The van der Waals surface area contributed by atoms with Crippen LogP contribution in [0.15, 0.2) is 84.9 Å². The summed E-state index contributed by atoms with van der Waals surface area (Å²) >= 11 is 0. The Morgan fingerprint density at radius 1 is 0.354 bits per heavy atom. The molecule has 4 bridgehead atoms. The Balaban J connectivity index is 1.22. The molecule has 1 aliphatic rings. The molecule has 1 aliphatic heterocycles. The fourth-order valence-electron chi connectivity index (χ4n) is 5.52. The lowest BCUT2D eigenvalue weighted by Crippen LogP contribution is -2.14. The summed E-state index contributed by atoms with van der Waals surface area (Å²) in [6.07, 6.45) is 0. The van der Waals surface area contributed by atoms with E-state index in [-0.39, 0.29) is 49.4 Å². The van der Waals surface area contributed by atoms with Crippen molar-refractivity contribution >= 4 is 21.5 Å². The predicted molar refractivity (Wildman–Crippen MR) is 182 cm³/mol. The van der Waals surface area contributed by atoms with Crippen LogP contribution in [0.5, 0.6) is 34.5 Å². The van der Waals surface area contributed by atoms with Crippen LogP contribution in [0.4, 0.5) is 0 Å². The van der Waals surface area contributed by atoms with E-state index in [4.69, 9.17) is 37.9 Å². The molecule has 10 nitrogen and oxygen atoms in total. The van der Waals surface area contributed by atoms with Crippen molar-refractivity contribution in [1.29, 1.82) is 0 Å². The molecule has 0 radical (unpaired) electrons. The first kappa shape index (κ1) is 33.2. The molecule has 0 spiro atoms. The molecule has 5 aromatic rings. The third-order valence-electron chi connectivity index (χ3n) is 7.76. The Morgan fingerprint density at radius 3 is 1.06 bits per heavy atom. The van der Waals surface area contributed by atoms with Crippen LogP contribution in [0.3, 0.4) is 0 Å². The van der Waals surface area contributed by atoms with E-state index in [9.17, 15) is 10.2 Å². The van der Waals surface area contributed by atoms with Crippen LogP contribution in [-0.2, 0) is 18.9 Å². The van der Waals surface area contributed by atoms with Crippen LogP contribution in [-0.4, -0.2) is 89.5 Å². The monoisotopic (exact) mass is 656 g/mol. The molecule has 6 rings (SSSR count). The normalized spacial score (nSPS) is 16.2. The number of fused-ring (bicyclic) bond motifs is 10. The van der Waals surface area contributed by atoms with Gasteiger partial charge in [0.25, 0.3) is 0 Å². The van der Waals surface area contributed by atoms with Crippen LogP contribution < -0.4 is 18.9 Å². The van der Waals surface area contributed by atoms with E-state index in [1.807, 2.05) is 72.8 Å². The van der Waals surface area contributed by atoms with Gasteiger partial charge in [0.15, 0.2) is 34.5 Å². The Hall–Kier alpha value is -4.74. The topological polar surface area (TPSA) is 114 Å². The minimum atomic E-state index is -0.0851. The molecular formula is C38H40O10. The van der Waals surface area contributed by atoms with Gasteiger partial charge in [-0.2, -0.15) is 0 Å². The number of aromatic hydroxyl groups is 2. The summed E-state index contributed by atoms with van der Waals surface area (Å²) in [6.45, 7) is 3.99. The standard InChI is InChI=1S/C38H40O10/c39-37-33-25-27-7-1-3-9-29(27)35(37)36-30-10-4-2-8-28(30)26-34(38(36)40)48-24-20-44-16-14-42-18-22-46-32-12-6-5-11-31(32)45-21-17-41-13-15-43-19-23-47-33/h1-12,25-26,39-40H,13-24H2. The molecule has 0 amide bonds. The Bertz CT molecular complexity index is 1660. The lowest BCUT2D eigenvalue weighted by molar-refractivity contribution is 0.0245. The Labute approximate surface area is 279 Å².